The van der Waals surface area contributed by atoms with Gasteiger partial charge in [-0.15, -0.1) is 0 Å². The second-order valence-electron chi connectivity index (χ2n) is 23.6. The first-order chi connectivity index (χ1) is 31.4. The van der Waals surface area contributed by atoms with Gasteiger partial charge in [-0.25, -0.2) is 36.5 Å². The zero-order valence-corrected chi connectivity index (χ0v) is 46.9. The van der Waals surface area contributed by atoms with E-state index in [-0.39, 0.29) is 44.2 Å². The van der Waals surface area contributed by atoms with Crippen molar-refractivity contribution in [2.24, 2.45) is 16.2 Å². The highest BCUT2D eigenvalue weighted by Crippen LogP contribution is 2.43. The third-order valence-corrected chi connectivity index (χ3v) is 14.4. The van der Waals surface area contributed by atoms with Crippen LogP contribution >= 0.6 is 0 Å². The summed E-state index contributed by atoms with van der Waals surface area (Å²) in [6.45, 7) is 34.0. The van der Waals surface area contributed by atoms with Crippen LogP contribution in [-0.4, -0.2) is 67.8 Å². The summed E-state index contributed by atoms with van der Waals surface area (Å²) in [6, 6.07) is 21.9. The van der Waals surface area contributed by atoms with Gasteiger partial charge in [0, 0.05) is 18.3 Å². The molecule has 2 aliphatic carbocycles. The minimum atomic E-state index is -1.29. The lowest BCUT2D eigenvalue weighted by molar-refractivity contribution is 0.00570. The molecule has 0 heterocycles. The predicted octanol–water partition coefficient (Wildman–Crippen LogP) is 11.8. The molecule has 2 aliphatic rings. The molecule has 0 radical (unpaired) electrons. The monoisotopic (exact) mass is 1010 g/mol. The number of nitrogens with one attached hydrogen (secondary N) is 2. The molecular formula is C54H81N3O9S3. The van der Waals surface area contributed by atoms with Gasteiger partial charge in [0.1, 0.15) is 27.8 Å². The first-order valence-corrected chi connectivity index (χ1v) is 27.2. The number of rotatable bonds is 13. The molecule has 0 unspecified atom stereocenters. The van der Waals surface area contributed by atoms with Crippen molar-refractivity contribution in [3.8, 4) is 0 Å². The summed E-state index contributed by atoms with van der Waals surface area (Å²) in [5, 5.41) is 0. The van der Waals surface area contributed by atoms with Crippen LogP contribution in [-0.2, 0) is 47.2 Å². The van der Waals surface area contributed by atoms with Gasteiger partial charge in [-0.1, -0.05) is 36.4 Å². The number of hydrogen-bond acceptors (Lipinski definition) is 9. The highest BCUT2D eigenvalue weighted by molar-refractivity contribution is 7.85. The Kier molecular flexibility index (Phi) is 20.7. The van der Waals surface area contributed by atoms with E-state index in [1.807, 2.05) is 149 Å². The molecule has 0 aromatic heterocycles. The van der Waals surface area contributed by atoms with Gasteiger partial charge < -0.3 is 14.2 Å². The number of esters is 3. The Bertz CT molecular complexity index is 2170. The summed E-state index contributed by atoms with van der Waals surface area (Å²) >= 11 is 0. The zero-order valence-electron chi connectivity index (χ0n) is 44.5. The fourth-order valence-electron chi connectivity index (χ4n) is 5.95. The molecule has 3 aromatic rings. The fraction of sp³-hybridized carbons (Fsp3) is 0.593. The van der Waals surface area contributed by atoms with E-state index in [0.717, 1.165) is 42.4 Å². The number of carbonyl (C=O) groups is 3. The second-order valence-corrected chi connectivity index (χ2v) is 29.5. The van der Waals surface area contributed by atoms with Gasteiger partial charge in [0.05, 0.1) is 52.9 Å². The van der Waals surface area contributed by atoms with Crippen molar-refractivity contribution in [3.63, 3.8) is 0 Å². The van der Waals surface area contributed by atoms with Gasteiger partial charge in [0.15, 0.2) is 0 Å². The van der Waals surface area contributed by atoms with E-state index in [2.05, 4.69) is 13.8 Å². The van der Waals surface area contributed by atoms with Crippen LogP contribution in [0.15, 0.2) is 77.2 Å². The Morgan fingerprint density at radius 1 is 0.478 bits per heavy atom. The Morgan fingerprint density at radius 3 is 0.986 bits per heavy atom. The lowest BCUT2D eigenvalue weighted by Crippen LogP contribution is -2.36. The van der Waals surface area contributed by atoms with Crippen LogP contribution in [0.1, 0.15) is 210 Å². The molecule has 12 nitrogen and oxygen atoms in total. The molecule has 5 rings (SSSR count). The molecule has 0 saturated heterocycles. The van der Waals surface area contributed by atoms with Crippen LogP contribution in [0, 0.1) is 11.8 Å². The van der Waals surface area contributed by atoms with Crippen LogP contribution in [0.2, 0.25) is 0 Å². The van der Waals surface area contributed by atoms with Gasteiger partial charge >= 0.3 is 17.9 Å². The van der Waals surface area contributed by atoms with Gasteiger partial charge in [-0.3, -0.25) is 0 Å². The zero-order chi connectivity index (χ0) is 52.5. The van der Waals surface area contributed by atoms with Crippen molar-refractivity contribution < 1.29 is 41.2 Å². The number of benzene rings is 3. The quantitative estimate of drug-likeness (QED) is 0.0962. The summed E-state index contributed by atoms with van der Waals surface area (Å²) < 4.78 is 62.4. The van der Waals surface area contributed by atoms with Crippen LogP contribution in [0.25, 0.3) is 0 Å². The van der Waals surface area contributed by atoms with Gasteiger partial charge in [-0.2, -0.15) is 4.40 Å². The van der Waals surface area contributed by atoms with Crippen molar-refractivity contribution in [1.82, 2.24) is 9.44 Å². The first-order valence-electron chi connectivity index (χ1n) is 23.8. The second kappa shape index (κ2) is 24.0. The molecule has 15 heteroatoms. The van der Waals surface area contributed by atoms with Gasteiger partial charge in [0.2, 0.25) is 0 Å². The van der Waals surface area contributed by atoms with E-state index in [9.17, 15) is 27.0 Å². The maximum absolute atomic E-state index is 12.4. The minimum absolute atomic E-state index is 0.0674. The molecule has 2 N–H and O–H groups in total. The first kappa shape index (κ1) is 59.4. The summed E-state index contributed by atoms with van der Waals surface area (Å²) in [4.78, 5) is 36.1. The van der Waals surface area contributed by atoms with Crippen LogP contribution in [0.5, 0.6) is 0 Å². The Morgan fingerprint density at radius 2 is 0.754 bits per heavy atom. The number of hydrogen-bond donors (Lipinski definition) is 2. The average Bonchev–Trinajstić information content (AvgIpc) is 4.15. The van der Waals surface area contributed by atoms with Crippen LogP contribution in [0.3, 0.4) is 0 Å². The largest absolute Gasteiger partial charge is 0.456 e. The Labute approximate surface area is 421 Å². The van der Waals surface area contributed by atoms with E-state index in [4.69, 9.17) is 14.2 Å². The summed E-state index contributed by atoms with van der Waals surface area (Å²) in [5.41, 5.74) is 2.99. The molecule has 0 spiro atoms. The van der Waals surface area contributed by atoms with Gasteiger partial charge in [-0.05, 0) is 215 Å². The smallest absolute Gasteiger partial charge is 0.338 e. The summed E-state index contributed by atoms with van der Waals surface area (Å²) in [7, 11) is -3.52. The third-order valence-electron chi connectivity index (χ3n) is 9.94. The highest BCUT2D eigenvalue weighted by Gasteiger charge is 2.37. The van der Waals surface area contributed by atoms with E-state index in [1.54, 1.807) is 54.7 Å². The van der Waals surface area contributed by atoms with Crippen molar-refractivity contribution in [2.75, 3.05) is 0 Å². The number of nitrogens with zero attached hydrogens (tertiary/aromatic N) is 1. The molecular weight excluding hydrogens is 931 g/mol. The standard InChI is InChI=1S/2C19H29NO3S.C16H23NO3S/c2*1-18(2,3)23-17(21)15-11-9-14(10-12-15)16(13-7-8-13)20-24(22)19(4,5)6;1-15(2,3)20-14(18)13-9-7-12(8-10-13)11-17-21(19)16(4,5)6/h2*9-13,16,20H,7-8H2,1-6H3;7-11H,1-6H3/t16-,24+;16-,24-;21-/m011/s1. The summed E-state index contributed by atoms with van der Waals surface area (Å²) in [6.07, 6.45) is 6.14. The highest BCUT2D eigenvalue weighted by atomic mass is 32.2. The van der Waals surface area contributed by atoms with Crippen molar-refractivity contribution in [1.29, 1.82) is 0 Å². The van der Waals surface area contributed by atoms with E-state index >= 15 is 0 Å². The third kappa shape index (κ3) is 22.0. The van der Waals surface area contributed by atoms with Crippen LogP contribution < -0.4 is 9.44 Å². The Hall–Kier alpha value is -3.89. The van der Waals surface area contributed by atoms with Crippen molar-refractivity contribution in [3.05, 3.63) is 106 Å². The average molecular weight is 1010 g/mol. The summed E-state index contributed by atoms with van der Waals surface area (Å²) in [5.74, 6) is 0.0445. The predicted molar refractivity (Wildman–Crippen MR) is 283 cm³/mol. The Balaban J connectivity index is 0.000000275. The molecule has 0 amide bonds. The molecule has 69 heavy (non-hydrogen) atoms. The normalized spacial score (nSPS) is 16.9. The molecule has 0 aliphatic heterocycles. The molecule has 384 valence electrons. The van der Waals surface area contributed by atoms with E-state index < -0.39 is 49.8 Å². The maximum atomic E-state index is 12.4. The topological polar surface area (TPSA) is 167 Å². The molecule has 2 fully saturated rings. The number of carbonyl (C=O) groups excluding carboxylic acids is 3. The SMILES string of the molecule is CC(C)(C)OC(=O)c1ccc(C=N[S@](=O)C(C)(C)C)cc1.CC(C)(C)OC(=O)c1ccc([C@@H](N[S@](=O)C(C)(C)C)C2CC2)cc1.CC(C)(C)OC(=O)c1ccc([C@H](N[S@](=O)C(C)(C)C)C2CC2)cc1. The van der Waals surface area contributed by atoms with Crippen LogP contribution in [0.4, 0.5) is 0 Å². The molecule has 5 atom stereocenters. The van der Waals surface area contributed by atoms with Crippen molar-refractivity contribution in [2.45, 2.75) is 193 Å². The maximum Gasteiger partial charge on any atom is 0.338 e. The van der Waals surface area contributed by atoms with Crippen molar-refractivity contribution >= 4 is 57.1 Å². The fourth-order valence-corrected chi connectivity index (χ4v) is 8.31. The van der Waals surface area contributed by atoms with E-state index in [0.29, 0.717) is 28.5 Å². The van der Waals surface area contributed by atoms with E-state index in [1.165, 1.54) is 0 Å². The lowest BCUT2D eigenvalue weighted by Gasteiger charge is -2.25. The minimum Gasteiger partial charge on any atom is -0.456 e. The molecule has 3 aromatic carbocycles. The number of ether oxygens (including phenoxy) is 3. The molecule has 2 saturated carbocycles. The van der Waals surface area contributed by atoms with Gasteiger partial charge in [0.25, 0.3) is 0 Å². The molecule has 0 bridgehead atoms. The lowest BCUT2D eigenvalue weighted by atomic mass is 10.0.